The molecule has 3 aromatic rings. The lowest BCUT2D eigenvalue weighted by molar-refractivity contribution is -0.168. The van der Waals surface area contributed by atoms with E-state index in [1.807, 2.05) is 19.9 Å². The molecular weight excluding hydrogens is 852 g/mol. The first-order valence-corrected chi connectivity index (χ1v) is 22.8. The van der Waals surface area contributed by atoms with E-state index < -0.39 is 60.0 Å². The average molecular weight is 917 g/mol. The Morgan fingerprint density at radius 3 is 1.89 bits per heavy atom. The summed E-state index contributed by atoms with van der Waals surface area (Å²) in [5.74, 6) is -3.30. The number of ketones is 2. The molecule has 13 nitrogen and oxygen atoms in total. The first kappa shape index (κ1) is 51.7. The number of methoxy groups -OCH3 is 2. The van der Waals surface area contributed by atoms with Gasteiger partial charge in [0.1, 0.15) is 42.7 Å². The van der Waals surface area contributed by atoms with Gasteiger partial charge in [-0.05, 0) is 99.2 Å². The number of unbranched alkanes of at least 4 members (excludes halogenated alkanes) is 2. The summed E-state index contributed by atoms with van der Waals surface area (Å²) in [4.78, 5) is 63.4. The first-order chi connectivity index (χ1) is 31.6. The lowest BCUT2D eigenvalue weighted by Crippen LogP contribution is -2.45. The van der Waals surface area contributed by atoms with E-state index in [1.54, 1.807) is 61.5 Å². The molecule has 0 radical (unpaired) electrons. The quantitative estimate of drug-likeness (QED) is 0.0178. The van der Waals surface area contributed by atoms with Crippen molar-refractivity contribution in [1.82, 2.24) is 0 Å². The Hall–Kier alpha value is -5.28. The Kier molecular flexibility index (Phi) is 19.2. The summed E-state index contributed by atoms with van der Waals surface area (Å²) in [6.07, 6.45) is 8.42. The normalized spacial score (nSPS) is 17.7. The van der Waals surface area contributed by atoms with Gasteiger partial charge in [-0.15, -0.1) is 0 Å². The zero-order valence-corrected chi connectivity index (χ0v) is 39.2. The Morgan fingerprint density at radius 2 is 1.35 bits per heavy atom. The molecule has 3 aromatic carbocycles. The highest BCUT2D eigenvalue weighted by molar-refractivity contribution is 6.34. The second-order valence-corrected chi connectivity index (χ2v) is 18.0. The third-order valence-corrected chi connectivity index (χ3v) is 12.1. The Morgan fingerprint density at radius 1 is 0.758 bits per heavy atom. The van der Waals surface area contributed by atoms with E-state index in [2.05, 4.69) is 13.5 Å². The van der Waals surface area contributed by atoms with Gasteiger partial charge in [-0.3, -0.25) is 9.59 Å². The molecule has 0 spiro atoms. The highest BCUT2D eigenvalue weighted by atomic mass is 19.1. The lowest BCUT2D eigenvalue weighted by atomic mass is 9.77. The molecule has 0 aromatic heterocycles. The molecule has 1 aliphatic heterocycles. The lowest BCUT2D eigenvalue weighted by Gasteiger charge is -2.32. The topological polar surface area (TPSA) is 162 Å². The first-order valence-electron chi connectivity index (χ1n) is 22.8. The van der Waals surface area contributed by atoms with Crippen LogP contribution in [0.1, 0.15) is 103 Å². The SMILES string of the molecule is C=C(C)C(=O)Oc1cc(-c2ccc(C3CCC(CCCCC)CC3)cc2F)ccc1-c1ccc(OCC(COC(=O)C(=O)CCOC)(COC(=O)C(=O)CCOC)COC2OC2(C)C)cc1. The van der Waals surface area contributed by atoms with Crippen molar-refractivity contribution in [3.05, 3.63) is 84.2 Å². The fraction of sp³-hybridized carbons (Fsp3) is 0.519. The van der Waals surface area contributed by atoms with Crippen molar-refractivity contribution < 1.29 is 66.3 Å². The molecule has 1 aliphatic carbocycles. The van der Waals surface area contributed by atoms with Crippen LogP contribution in [0.25, 0.3) is 22.3 Å². The van der Waals surface area contributed by atoms with Crippen LogP contribution in [-0.2, 0) is 52.4 Å². The Balaban J connectivity index is 1.36. The minimum Gasteiger partial charge on any atom is -0.493 e. The van der Waals surface area contributed by atoms with Crippen LogP contribution >= 0.6 is 0 Å². The van der Waals surface area contributed by atoms with E-state index in [0.717, 1.165) is 24.3 Å². The third kappa shape index (κ3) is 14.9. The van der Waals surface area contributed by atoms with Gasteiger partial charge >= 0.3 is 17.9 Å². The number of benzene rings is 3. The minimum atomic E-state index is -1.43. The van der Waals surface area contributed by atoms with Gasteiger partial charge in [0, 0.05) is 43.8 Å². The highest BCUT2D eigenvalue weighted by Crippen LogP contribution is 2.41. The van der Waals surface area contributed by atoms with Crippen LogP contribution in [0.3, 0.4) is 0 Å². The molecule has 2 aliphatic rings. The van der Waals surface area contributed by atoms with Crippen molar-refractivity contribution in [2.24, 2.45) is 11.3 Å². The molecule has 66 heavy (non-hydrogen) atoms. The number of halogens is 1. The predicted octanol–water partition coefficient (Wildman–Crippen LogP) is 9.31. The van der Waals surface area contributed by atoms with E-state index in [4.69, 9.17) is 37.9 Å². The molecule has 1 saturated carbocycles. The molecule has 1 heterocycles. The van der Waals surface area contributed by atoms with Crippen molar-refractivity contribution in [3.8, 4) is 33.8 Å². The molecule has 0 N–H and O–H groups in total. The van der Waals surface area contributed by atoms with Gasteiger partial charge in [0.25, 0.3) is 0 Å². The van der Waals surface area contributed by atoms with Crippen LogP contribution in [-0.4, -0.2) is 95.2 Å². The maximum absolute atomic E-state index is 15.9. The summed E-state index contributed by atoms with van der Waals surface area (Å²) < 4.78 is 60.3. The number of carbonyl (C=O) groups is 5. The number of rotatable bonds is 27. The summed E-state index contributed by atoms with van der Waals surface area (Å²) >= 11 is 0. The van der Waals surface area contributed by atoms with Gasteiger partial charge in [0.05, 0.1) is 25.2 Å². The minimum absolute atomic E-state index is 0.00492. The molecule has 1 atom stereocenters. The van der Waals surface area contributed by atoms with Crippen LogP contribution in [0.2, 0.25) is 0 Å². The van der Waals surface area contributed by atoms with Gasteiger partial charge in [-0.2, -0.15) is 0 Å². The fourth-order valence-corrected chi connectivity index (χ4v) is 7.82. The Labute approximate surface area is 387 Å². The number of esters is 3. The van der Waals surface area contributed by atoms with E-state index in [-0.39, 0.29) is 56.4 Å². The zero-order valence-electron chi connectivity index (χ0n) is 39.2. The van der Waals surface area contributed by atoms with Crippen molar-refractivity contribution in [2.45, 2.75) is 110 Å². The van der Waals surface area contributed by atoms with Crippen molar-refractivity contribution in [2.75, 3.05) is 53.9 Å². The summed E-state index contributed by atoms with van der Waals surface area (Å²) in [6.45, 7) is 9.63. The fourth-order valence-electron chi connectivity index (χ4n) is 7.82. The third-order valence-electron chi connectivity index (χ3n) is 12.1. The summed E-state index contributed by atoms with van der Waals surface area (Å²) in [5.41, 5.74) is 1.24. The average Bonchev–Trinajstić information content (AvgIpc) is 3.94. The second kappa shape index (κ2) is 24.5. The molecular formula is C52H65FO13. The number of epoxide rings is 1. The largest absolute Gasteiger partial charge is 0.493 e. The maximum Gasteiger partial charge on any atom is 0.374 e. The number of hydrogen-bond donors (Lipinski definition) is 0. The van der Waals surface area contributed by atoms with Crippen LogP contribution in [0.5, 0.6) is 11.5 Å². The maximum atomic E-state index is 15.9. The van der Waals surface area contributed by atoms with Gasteiger partial charge < -0.3 is 37.9 Å². The van der Waals surface area contributed by atoms with E-state index in [1.165, 1.54) is 52.7 Å². The predicted molar refractivity (Wildman–Crippen MR) is 244 cm³/mol. The van der Waals surface area contributed by atoms with Crippen LogP contribution in [0.4, 0.5) is 4.39 Å². The van der Waals surface area contributed by atoms with E-state index >= 15 is 4.39 Å². The number of hydrogen-bond acceptors (Lipinski definition) is 13. The zero-order chi connectivity index (χ0) is 47.9. The van der Waals surface area contributed by atoms with Gasteiger partial charge in [0.15, 0.2) is 6.29 Å². The van der Waals surface area contributed by atoms with E-state index in [9.17, 15) is 24.0 Å². The van der Waals surface area contributed by atoms with Crippen molar-refractivity contribution in [3.63, 3.8) is 0 Å². The van der Waals surface area contributed by atoms with Crippen molar-refractivity contribution >= 4 is 29.5 Å². The smallest absolute Gasteiger partial charge is 0.374 e. The summed E-state index contributed by atoms with van der Waals surface area (Å²) in [6, 6.07) is 17.4. The molecule has 0 amide bonds. The molecule has 358 valence electrons. The van der Waals surface area contributed by atoms with Gasteiger partial charge in [0.2, 0.25) is 11.6 Å². The summed E-state index contributed by atoms with van der Waals surface area (Å²) in [5, 5.41) is 0. The van der Waals surface area contributed by atoms with Crippen LogP contribution < -0.4 is 9.47 Å². The molecule has 1 unspecified atom stereocenters. The standard InChI is InChI=1S/C52H65FO13/c1-8-9-10-11-35-12-14-36(15-13-35)38-18-22-41(43(53)28-38)39-19-23-42(46(29-39)65-47(56)34(2)3)37-16-20-40(21-17-37)61-30-52(33-64-50-51(4,5)66-50,31-62-48(57)44(54)24-26-59-6)32-63-49(58)45(55)25-27-60-7/h16-23,28-29,35-36,50H,2,8-15,24-27,30-33H2,1,3-7H3. The number of ether oxygens (including phenoxy) is 8. The van der Waals surface area contributed by atoms with Crippen molar-refractivity contribution in [1.29, 1.82) is 0 Å². The molecule has 2 fully saturated rings. The van der Waals surface area contributed by atoms with E-state index in [0.29, 0.717) is 33.9 Å². The van der Waals surface area contributed by atoms with Gasteiger partial charge in [-0.25, -0.2) is 18.8 Å². The van der Waals surface area contributed by atoms with Gasteiger partial charge in [-0.1, -0.05) is 75.6 Å². The number of carbonyl (C=O) groups excluding carboxylic acids is 5. The Bertz CT molecular complexity index is 2120. The molecule has 1 saturated heterocycles. The highest BCUT2D eigenvalue weighted by Gasteiger charge is 2.51. The van der Waals surface area contributed by atoms with Crippen LogP contribution in [0, 0.1) is 17.2 Å². The second-order valence-electron chi connectivity index (χ2n) is 18.0. The monoisotopic (exact) mass is 916 g/mol. The molecule has 14 heteroatoms. The summed E-state index contributed by atoms with van der Waals surface area (Å²) in [7, 11) is 2.79. The molecule has 5 rings (SSSR count). The molecule has 0 bridgehead atoms. The van der Waals surface area contributed by atoms with Crippen LogP contribution in [0.15, 0.2) is 72.8 Å². The number of Topliss-reactive ketones (excluding diaryl/α,β-unsaturated/α-hetero) is 2.